The molecule has 1 saturated heterocycles. The molecule has 4 rings (SSSR count). The summed E-state index contributed by atoms with van der Waals surface area (Å²) in [5.74, 6) is -0.354. The molecule has 0 aliphatic carbocycles. The predicted molar refractivity (Wildman–Crippen MR) is 111 cm³/mol. The predicted octanol–water partition coefficient (Wildman–Crippen LogP) is 6.11. The van der Waals surface area contributed by atoms with Crippen molar-refractivity contribution in [3.05, 3.63) is 47.2 Å². The first kappa shape index (κ1) is 20.0. The number of hydrogen-bond donors (Lipinski definition) is 0. The van der Waals surface area contributed by atoms with Gasteiger partial charge in [0, 0.05) is 33.4 Å². The van der Waals surface area contributed by atoms with Crippen LogP contribution in [0.5, 0.6) is 0 Å². The number of amides is 1. The molecule has 1 fully saturated rings. The normalized spacial score (nSPS) is 20.4. The Hall–Kier alpha value is -2.34. The fourth-order valence-corrected chi connectivity index (χ4v) is 4.20. The van der Waals surface area contributed by atoms with Crippen LogP contribution < -0.4 is 0 Å². The monoisotopic (exact) mass is 420 g/mol. The van der Waals surface area contributed by atoms with Crippen molar-refractivity contribution >= 4 is 39.5 Å². The highest BCUT2D eigenvalue weighted by molar-refractivity contribution is 6.31. The summed E-state index contributed by atoms with van der Waals surface area (Å²) in [4.78, 5) is 13.7. The van der Waals surface area contributed by atoms with Crippen LogP contribution in [0.3, 0.4) is 0 Å². The number of alkyl halides is 1. The van der Waals surface area contributed by atoms with E-state index in [1.54, 1.807) is 39.0 Å². The van der Waals surface area contributed by atoms with Crippen LogP contribution in [0.25, 0.3) is 21.8 Å². The van der Waals surface area contributed by atoms with E-state index in [9.17, 15) is 9.18 Å². The Morgan fingerprint density at radius 2 is 1.79 bits per heavy atom. The third-order valence-electron chi connectivity index (χ3n) is 5.22. The zero-order valence-corrected chi connectivity index (χ0v) is 17.3. The molecule has 0 bridgehead atoms. The first-order valence-electron chi connectivity index (χ1n) is 9.65. The van der Waals surface area contributed by atoms with Crippen LogP contribution in [0.2, 0.25) is 5.02 Å². The Kier molecular flexibility index (Phi) is 4.93. The number of piperidine rings is 1. The van der Waals surface area contributed by atoms with Gasteiger partial charge in [-0.2, -0.15) is 0 Å². The van der Waals surface area contributed by atoms with Crippen molar-refractivity contribution in [2.24, 2.45) is 0 Å². The number of likely N-dealkylation sites (tertiary alicyclic amines) is 1. The molecule has 0 radical (unpaired) electrons. The minimum atomic E-state index is -1.28. The standard InChI is InChI=1S/C22H23ClF2N2O2/c1-22(2,3)29-21(28)26-9-8-20(17(25)12-26)27-18-6-4-13(23)10-15(18)16-11-14(24)5-7-19(16)27/h4-7,10-11,17,20H,8-9,12H2,1-3H3. The molecule has 1 amide bonds. The number of nitrogens with zero attached hydrogens (tertiary/aromatic N) is 2. The molecule has 154 valence electrons. The van der Waals surface area contributed by atoms with Gasteiger partial charge in [0.1, 0.15) is 17.6 Å². The maximum atomic E-state index is 15.3. The Morgan fingerprint density at radius 3 is 2.45 bits per heavy atom. The molecular weight excluding hydrogens is 398 g/mol. The van der Waals surface area contributed by atoms with Gasteiger partial charge in [-0.3, -0.25) is 0 Å². The van der Waals surface area contributed by atoms with E-state index < -0.39 is 23.9 Å². The van der Waals surface area contributed by atoms with Gasteiger partial charge in [-0.15, -0.1) is 0 Å². The van der Waals surface area contributed by atoms with Crippen molar-refractivity contribution < 1.29 is 18.3 Å². The van der Waals surface area contributed by atoms with Gasteiger partial charge in [-0.25, -0.2) is 13.6 Å². The smallest absolute Gasteiger partial charge is 0.410 e. The number of aromatic nitrogens is 1. The van der Waals surface area contributed by atoms with E-state index in [0.29, 0.717) is 23.4 Å². The minimum absolute atomic E-state index is 0.0461. The summed E-state index contributed by atoms with van der Waals surface area (Å²) in [6.07, 6.45) is -1.36. The van der Waals surface area contributed by atoms with E-state index in [4.69, 9.17) is 16.3 Å². The maximum Gasteiger partial charge on any atom is 0.410 e. The summed E-state index contributed by atoms with van der Waals surface area (Å²) in [6.45, 7) is 5.69. The molecule has 1 aliphatic rings. The molecule has 1 aliphatic heterocycles. The topological polar surface area (TPSA) is 34.5 Å². The molecular formula is C22H23ClF2N2O2. The lowest BCUT2D eigenvalue weighted by molar-refractivity contribution is 0.00737. The van der Waals surface area contributed by atoms with Crippen LogP contribution in [0, 0.1) is 5.82 Å². The summed E-state index contributed by atoms with van der Waals surface area (Å²) >= 11 is 6.15. The number of ether oxygens (including phenoxy) is 1. The second-order valence-corrected chi connectivity index (χ2v) is 8.93. The van der Waals surface area contributed by atoms with E-state index in [2.05, 4.69) is 0 Å². The fourth-order valence-electron chi connectivity index (χ4n) is 4.03. The maximum absolute atomic E-state index is 15.3. The molecule has 0 spiro atoms. The average Bonchev–Trinajstić information content (AvgIpc) is 2.93. The third kappa shape index (κ3) is 3.78. The van der Waals surface area contributed by atoms with Crippen molar-refractivity contribution in [2.45, 2.75) is 45.0 Å². The number of hydrogen-bond acceptors (Lipinski definition) is 2. The number of halogens is 3. The van der Waals surface area contributed by atoms with E-state index in [1.165, 1.54) is 17.0 Å². The van der Waals surface area contributed by atoms with Crippen LogP contribution in [0.15, 0.2) is 36.4 Å². The highest BCUT2D eigenvalue weighted by Crippen LogP contribution is 2.38. The van der Waals surface area contributed by atoms with Gasteiger partial charge in [0.15, 0.2) is 0 Å². The largest absolute Gasteiger partial charge is 0.444 e. The van der Waals surface area contributed by atoms with Crippen LogP contribution in [0.1, 0.15) is 33.2 Å². The number of fused-ring (bicyclic) bond motifs is 3. The fraction of sp³-hybridized carbons (Fsp3) is 0.409. The van der Waals surface area contributed by atoms with Gasteiger partial charge < -0.3 is 14.2 Å². The number of carbonyl (C=O) groups excluding carboxylic acids is 1. The van der Waals surface area contributed by atoms with Crippen molar-refractivity contribution in [1.82, 2.24) is 9.47 Å². The molecule has 3 aromatic rings. The average molecular weight is 421 g/mol. The summed E-state index contributed by atoms with van der Waals surface area (Å²) in [5.41, 5.74) is 0.922. The molecule has 29 heavy (non-hydrogen) atoms. The van der Waals surface area contributed by atoms with Crippen molar-refractivity contribution in [1.29, 1.82) is 0 Å². The van der Waals surface area contributed by atoms with Crippen molar-refractivity contribution in [3.8, 4) is 0 Å². The Bertz CT molecular complexity index is 1030. The Morgan fingerprint density at radius 1 is 1.14 bits per heavy atom. The van der Waals surface area contributed by atoms with Crippen molar-refractivity contribution in [2.75, 3.05) is 13.1 Å². The minimum Gasteiger partial charge on any atom is -0.444 e. The number of carbonyl (C=O) groups is 1. The molecule has 2 aromatic carbocycles. The van der Waals surface area contributed by atoms with Crippen LogP contribution in [0.4, 0.5) is 13.6 Å². The zero-order valence-electron chi connectivity index (χ0n) is 16.6. The quantitative estimate of drug-likeness (QED) is 0.476. The lowest BCUT2D eigenvalue weighted by atomic mass is 10.0. The lowest BCUT2D eigenvalue weighted by Gasteiger charge is -2.36. The van der Waals surface area contributed by atoms with Crippen LogP contribution in [-0.2, 0) is 4.74 Å². The van der Waals surface area contributed by atoms with Gasteiger partial charge in [0.05, 0.1) is 12.6 Å². The van der Waals surface area contributed by atoms with E-state index in [-0.39, 0.29) is 12.4 Å². The van der Waals surface area contributed by atoms with E-state index in [1.807, 2.05) is 10.6 Å². The molecule has 4 nitrogen and oxygen atoms in total. The second kappa shape index (κ2) is 7.17. The Balaban J connectivity index is 1.71. The van der Waals surface area contributed by atoms with Crippen LogP contribution >= 0.6 is 11.6 Å². The van der Waals surface area contributed by atoms with Gasteiger partial charge in [-0.1, -0.05) is 11.6 Å². The van der Waals surface area contributed by atoms with Gasteiger partial charge in [-0.05, 0) is 63.6 Å². The second-order valence-electron chi connectivity index (χ2n) is 8.49. The lowest BCUT2D eigenvalue weighted by Crippen LogP contribution is -2.47. The summed E-state index contributed by atoms with van der Waals surface area (Å²) in [5, 5.41) is 2.02. The first-order valence-corrected chi connectivity index (χ1v) is 10.0. The molecule has 7 heteroatoms. The molecule has 2 heterocycles. The highest BCUT2D eigenvalue weighted by Gasteiger charge is 2.35. The van der Waals surface area contributed by atoms with E-state index >= 15 is 4.39 Å². The van der Waals surface area contributed by atoms with Gasteiger partial charge in [0.2, 0.25) is 0 Å². The summed E-state index contributed by atoms with van der Waals surface area (Å²) in [7, 11) is 0. The zero-order chi connectivity index (χ0) is 20.9. The number of benzene rings is 2. The van der Waals surface area contributed by atoms with Gasteiger partial charge in [0.25, 0.3) is 0 Å². The third-order valence-corrected chi connectivity index (χ3v) is 5.45. The number of rotatable bonds is 1. The van der Waals surface area contributed by atoms with Gasteiger partial charge >= 0.3 is 6.09 Å². The van der Waals surface area contributed by atoms with Crippen molar-refractivity contribution in [3.63, 3.8) is 0 Å². The molecule has 0 N–H and O–H groups in total. The molecule has 2 atom stereocenters. The summed E-state index contributed by atoms with van der Waals surface area (Å²) in [6, 6.07) is 9.39. The highest BCUT2D eigenvalue weighted by atomic mass is 35.5. The first-order chi connectivity index (χ1) is 13.6. The van der Waals surface area contributed by atoms with E-state index in [0.717, 1.165) is 16.4 Å². The molecule has 1 aromatic heterocycles. The molecule has 2 unspecified atom stereocenters. The van der Waals surface area contributed by atoms with Crippen LogP contribution in [-0.4, -0.2) is 40.4 Å². The Labute approximate surface area is 173 Å². The molecule has 0 saturated carbocycles. The SMILES string of the molecule is CC(C)(C)OC(=O)N1CCC(n2c3ccc(F)cc3c3cc(Cl)ccc32)C(F)C1. The summed E-state index contributed by atoms with van der Waals surface area (Å²) < 4.78 is 36.5.